The number of aliphatic imine (C=N–C) groups is 1. The summed E-state index contributed by atoms with van der Waals surface area (Å²) in [6.45, 7) is 5.56. The number of thiophene rings is 1. The number of ether oxygens (including phenoxy) is 1. The zero-order valence-electron chi connectivity index (χ0n) is 17.8. The van der Waals surface area contributed by atoms with Crippen molar-refractivity contribution in [1.29, 1.82) is 0 Å². The Morgan fingerprint density at radius 1 is 0.967 bits per heavy atom. The lowest BCUT2D eigenvalue weighted by atomic mass is 10.0. The van der Waals surface area contributed by atoms with Crippen molar-refractivity contribution in [3.63, 3.8) is 0 Å². The third kappa shape index (κ3) is 4.48. The average molecular weight is 443 g/mol. The third-order valence-electron chi connectivity index (χ3n) is 4.77. The minimum Gasteiger partial charge on any atom is -0.492 e. The van der Waals surface area contributed by atoms with Gasteiger partial charge < -0.3 is 4.74 Å². The molecule has 0 aliphatic rings. The SMILES string of the molecule is COc1c(N=C(c2ccccc2)c2ccccc2)csc1S(=O)(=O)N(C)C(C)(C)C. The fourth-order valence-electron chi connectivity index (χ4n) is 2.86. The summed E-state index contributed by atoms with van der Waals surface area (Å²) in [5.74, 6) is 0.264. The van der Waals surface area contributed by atoms with Gasteiger partial charge in [-0.2, -0.15) is 4.31 Å². The number of sulfonamides is 1. The van der Waals surface area contributed by atoms with Gasteiger partial charge in [0, 0.05) is 29.1 Å². The topological polar surface area (TPSA) is 59.0 Å². The molecule has 0 aliphatic carbocycles. The van der Waals surface area contributed by atoms with E-state index in [4.69, 9.17) is 9.73 Å². The zero-order valence-corrected chi connectivity index (χ0v) is 19.4. The molecule has 1 aromatic heterocycles. The molecule has 3 rings (SSSR count). The van der Waals surface area contributed by atoms with Crippen LogP contribution in [0.1, 0.15) is 31.9 Å². The van der Waals surface area contributed by atoms with Gasteiger partial charge in [0.15, 0.2) is 9.96 Å². The molecular formula is C23H26N2O3S2. The van der Waals surface area contributed by atoms with Gasteiger partial charge in [0.05, 0.1) is 12.8 Å². The zero-order chi connectivity index (χ0) is 21.9. The fraction of sp³-hybridized carbons (Fsp3) is 0.261. The maximum Gasteiger partial charge on any atom is 0.256 e. The van der Waals surface area contributed by atoms with Crippen molar-refractivity contribution in [2.45, 2.75) is 30.5 Å². The highest BCUT2D eigenvalue weighted by atomic mass is 32.2. The maximum absolute atomic E-state index is 13.2. The first-order chi connectivity index (χ1) is 14.2. The van der Waals surface area contributed by atoms with E-state index in [0.717, 1.165) is 28.2 Å². The lowest BCUT2D eigenvalue weighted by Gasteiger charge is -2.30. The lowest BCUT2D eigenvalue weighted by Crippen LogP contribution is -2.42. The normalized spacial score (nSPS) is 12.1. The van der Waals surface area contributed by atoms with Gasteiger partial charge in [0.2, 0.25) is 0 Å². The van der Waals surface area contributed by atoms with Crippen LogP contribution in [-0.2, 0) is 10.0 Å². The van der Waals surface area contributed by atoms with E-state index in [9.17, 15) is 8.42 Å². The van der Waals surface area contributed by atoms with Crippen molar-refractivity contribution in [3.8, 4) is 5.75 Å². The van der Waals surface area contributed by atoms with Gasteiger partial charge in [0.1, 0.15) is 5.69 Å². The van der Waals surface area contributed by atoms with Crippen LogP contribution >= 0.6 is 11.3 Å². The molecule has 158 valence electrons. The summed E-state index contributed by atoms with van der Waals surface area (Å²) in [5.41, 5.74) is 2.56. The maximum atomic E-state index is 13.2. The van der Waals surface area contributed by atoms with Crippen molar-refractivity contribution in [2.24, 2.45) is 4.99 Å². The van der Waals surface area contributed by atoms with Gasteiger partial charge in [0.25, 0.3) is 10.0 Å². The standard InChI is InChI=1S/C23H26N2O3S2/c1-23(2,3)25(4)30(26,27)22-21(28-5)19(16-29-22)24-20(17-12-8-6-9-13-17)18-14-10-7-11-15-18/h6-16H,1-5H3. The van der Waals surface area contributed by atoms with Crippen LogP contribution < -0.4 is 4.74 Å². The Balaban J connectivity index is 2.17. The number of methoxy groups -OCH3 is 1. The number of rotatable bonds is 6. The summed E-state index contributed by atoms with van der Waals surface area (Å²) in [7, 11) is -0.672. The Kier molecular flexibility index (Phi) is 6.45. The largest absolute Gasteiger partial charge is 0.492 e. The molecule has 30 heavy (non-hydrogen) atoms. The Morgan fingerprint density at radius 2 is 1.47 bits per heavy atom. The second kappa shape index (κ2) is 8.71. The van der Waals surface area contributed by atoms with Crippen LogP contribution in [0.15, 0.2) is 75.2 Å². The number of hydrogen-bond acceptors (Lipinski definition) is 5. The summed E-state index contributed by atoms with van der Waals surface area (Å²) in [4.78, 5) is 4.84. The monoisotopic (exact) mass is 442 g/mol. The van der Waals surface area contributed by atoms with Crippen molar-refractivity contribution in [3.05, 3.63) is 77.2 Å². The molecule has 0 radical (unpaired) electrons. The van der Waals surface area contributed by atoms with Gasteiger partial charge in [-0.05, 0) is 20.8 Å². The van der Waals surface area contributed by atoms with E-state index >= 15 is 0 Å². The van der Waals surface area contributed by atoms with Crippen molar-refractivity contribution >= 4 is 32.8 Å². The molecule has 0 atom stereocenters. The van der Waals surface area contributed by atoms with Gasteiger partial charge in [-0.25, -0.2) is 13.4 Å². The highest BCUT2D eigenvalue weighted by molar-refractivity contribution is 7.91. The van der Waals surface area contributed by atoms with Crippen LogP contribution in [0.2, 0.25) is 0 Å². The Hall–Kier alpha value is -2.48. The summed E-state index contributed by atoms with van der Waals surface area (Å²) >= 11 is 1.12. The quantitative estimate of drug-likeness (QED) is 0.484. The van der Waals surface area contributed by atoms with E-state index in [1.165, 1.54) is 11.4 Å². The molecule has 0 N–H and O–H groups in total. The van der Waals surface area contributed by atoms with Crippen molar-refractivity contribution < 1.29 is 13.2 Å². The first-order valence-electron chi connectivity index (χ1n) is 9.50. The first kappa shape index (κ1) is 22.2. The second-order valence-corrected chi connectivity index (χ2v) is 10.8. The van der Waals surface area contributed by atoms with Gasteiger partial charge in [-0.15, -0.1) is 11.3 Å². The smallest absolute Gasteiger partial charge is 0.256 e. The molecule has 0 saturated heterocycles. The molecular weight excluding hydrogens is 416 g/mol. The summed E-state index contributed by atoms with van der Waals surface area (Å²) < 4.78 is 33.5. The van der Waals surface area contributed by atoms with Gasteiger partial charge >= 0.3 is 0 Å². The highest BCUT2D eigenvalue weighted by Crippen LogP contribution is 2.43. The predicted molar refractivity (Wildman–Crippen MR) is 124 cm³/mol. The van der Waals surface area contributed by atoms with Crippen molar-refractivity contribution in [1.82, 2.24) is 4.31 Å². The van der Waals surface area contributed by atoms with Crippen LogP contribution in [-0.4, -0.2) is 38.1 Å². The van der Waals surface area contributed by atoms with Crippen LogP contribution in [0.5, 0.6) is 5.75 Å². The molecule has 0 amide bonds. The van der Waals surface area contributed by atoms with Crippen LogP contribution in [0.3, 0.4) is 0 Å². The van der Waals surface area contributed by atoms with E-state index < -0.39 is 15.6 Å². The molecule has 3 aromatic rings. The van der Waals surface area contributed by atoms with Crippen LogP contribution in [0.4, 0.5) is 5.69 Å². The van der Waals surface area contributed by atoms with Gasteiger partial charge in [-0.3, -0.25) is 0 Å². The average Bonchev–Trinajstić information content (AvgIpc) is 3.15. The van der Waals surface area contributed by atoms with Crippen LogP contribution in [0, 0.1) is 0 Å². The number of hydrogen-bond donors (Lipinski definition) is 0. The van der Waals surface area contributed by atoms with E-state index in [2.05, 4.69) is 0 Å². The fourth-order valence-corrected chi connectivity index (χ4v) is 5.89. The molecule has 1 heterocycles. The second-order valence-electron chi connectivity index (χ2n) is 7.78. The summed E-state index contributed by atoms with van der Waals surface area (Å²) in [6, 6.07) is 19.6. The molecule has 0 unspecified atom stereocenters. The predicted octanol–water partition coefficient (Wildman–Crippen LogP) is 5.34. The summed E-state index contributed by atoms with van der Waals surface area (Å²) in [5, 5.41) is 1.73. The lowest BCUT2D eigenvalue weighted by molar-refractivity contribution is 0.291. The highest BCUT2D eigenvalue weighted by Gasteiger charge is 2.35. The Labute approximate surface area is 182 Å². The van der Waals surface area contributed by atoms with Gasteiger partial charge in [-0.1, -0.05) is 60.7 Å². The molecule has 2 aromatic carbocycles. The van der Waals surface area contributed by atoms with E-state index in [1.807, 2.05) is 81.4 Å². The molecule has 7 heteroatoms. The first-order valence-corrected chi connectivity index (χ1v) is 11.8. The minimum absolute atomic E-state index is 0.154. The number of benzene rings is 2. The van der Waals surface area contributed by atoms with E-state index in [0.29, 0.717) is 5.69 Å². The molecule has 0 spiro atoms. The molecule has 0 bridgehead atoms. The molecule has 0 saturated carbocycles. The van der Waals surface area contributed by atoms with E-state index in [1.54, 1.807) is 12.4 Å². The number of nitrogens with zero attached hydrogens (tertiary/aromatic N) is 2. The minimum atomic E-state index is -3.73. The summed E-state index contributed by atoms with van der Waals surface area (Å²) in [6.07, 6.45) is 0. The molecule has 0 fully saturated rings. The Bertz CT molecular complexity index is 1090. The van der Waals surface area contributed by atoms with Crippen molar-refractivity contribution in [2.75, 3.05) is 14.2 Å². The Morgan fingerprint density at radius 3 is 1.90 bits per heavy atom. The van der Waals surface area contributed by atoms with Crippen LogP contribution in [0.25, 0.3) is 0 Å². The molecule has 5 nitrogen and oxygen atoms in total. The third-order valence-corrected chi connectivity index (χ3v) is 8.35. The molecule has 0 aliphatic heterocycles. The van der Waals surface area contributed by atoms with E-state index in [-0.39, 0.29) is 9.96 Å².